The van der Waals surface area contributed by atoms with Crippen molar-refractivity contribution in [3.8, 4) is 0 Å². The van der Waals surface area contributed by atoms with Crippen LogP contribution in [0.3, 0.4) is 0 Å². The summed E-state index contributed by atoms with van der Waals surface area (Å²) in [6, 6.07) is 5.50. The molecule has 0 aliphatic carbocycles. The first-order valence-corrected chi connectivity index (χ1v) is 8.07. The fraction of sp³-hybridized carbons (Fsp3) is 0.0667. The second-order valence-electron chi connectivity index (χ2n) is 4.87. The van der Waals surface area contributed by atoms with Gasteiger partial charge < -0.3 is 5.32 Å². The third-order valence-electron chi connectivity index (χ3n) is 3.47. The fourth-order valence-electron chi connectivity index (χ4n) is 2.36. The van der Waals surface area contributed by atoms with Gasteiger partial charge >= 0.3 is 0 Å². The molecule has 0 aliphatic heterocycles. The molecule has 0 aliphatic rings. The highest BCUT2D eigenvalue weighted by molar-refractivity contribution is 7.17. The number of carbonyl (C=O) groups excluding carboxylic acids is 1. The molecule has 4 heterocycles. The minimum atomic E-state index is -0.190. The number of carbonyl (C=O) groups is 1. The molecule has 4 rings (SSSR count). The number of aromatic nitrogens is 4. The van der Waals surface area contributed by atoms with Gasteiger partial charge in [-0.25, -0.2) is 0 Å². The summed E-state index contributed by atoms with van der Waals surface area (Å²) in [5, 5.41) is 14.4. The van der Waals surface area contributed by atoms with Crippen molar-refractivity contribution in [2.45, 2.75) is 6.54 Å². The summed E-state index contributed by atoms with van der Waals surface area (Å²) >= 11 is 7.58. The predicted molar refractivity (Wildman–Crippen MR) is 88.8 cm³/mol. The Balaban J connectivity index is 1.60. The van der Waals surface area contributed by atoms with E-state index in [0.717, 1.165) is 10.1 Å². The normalized spacial score (nSPS) is 11.2. The Bertz CT molecular complexity index is 1020. The van der Waals surface area contributed by atoms with Crippen LogP contribution >= 0.6 is 22.9 Å². The van der Waals surface area contributed by atoms with E-state index >= 15 is 0 Å². The van der Waals surface area contributed by atoms with Crippen LogP contribution in [0.15, 0.2) is 42.2 Å². The molecule has 1 N–H and O–H groups in total. The number of hydrogen-bond acceptors (Lipinski definition) is 5. The van der Waals surface area contributed by atoms with Gasteiger partial charge in [0, 0.05) is 24.0 Å². The highest BCUT2D eigenvalue weighted by atomic mass is 35.5. The molecule has 0 radical (unpaired) electrons. The topological polar surface area (TPSA) is 72.2 Å². The molecule has 0 atom stereocenters. The third-order valence-corrected chi connectivity index (χ3v) is 4.73. The number of halogens is 1. The van der Waals surface area contributed by atoms with Crippen LogP contribution in [0.25, 0.3) is 15.7 Å². The Morgan fingerprint density at radius 3 is 3.13 bits per heavy atom. The Morgan fingerprint density at radius 2 is 2.22 bits per heavy atom. The van der Waals surface area contributed by atoms with Crippen molar-refractivity contribution in [1.82, 2.24) is 24.9 Å². The van der Waals surface area contributed by atoms with Crippen LogP contribution < -0.4 is 5.32 Å². The van der Waals surface area contributed by atoms with Crippen molar-refractivity contribution in [3.63, 3.8) is 0 Å². The van der Waals surface area contributed by atoms with E-state index in [-0.39, 0.29) is 12.5 Å². The molecule has 8 heteroatoms. The fourth-order valence-corrected chi connectivity index (χ4v) is 3.44. The van der Waals surface area contributed by atoms with Gasteiger partial charge in [-0.2, -0.15) is 0 Å². The second kappa shape index (κ2) is 5.60. The van der Waals surface area contributed by atoms with E-state index in [1.807, 2.05) is 17.6 Å². The molecule has 0 saturated heterocycles. The summed E-state index contributed by atoms with van der Waals surface area (Å²) in [4.78, 5) is 16.5. The zero-order valence-corrected chi connectivity index (χ0v) is 13.3. The summed E-state index contributed by atoms with van der Waals surface area (Å²) in [7, 11) is 0. The summed E-state index contributed by atoms with van der Waals surface area (Å²) in [6.45, 7) is 0.252. The maximum Gasteiger partial charge on any atom is 0.254 e. The largest absolute Gasteiger partial charge is 0.345 e. The van der Waals surface area contributed by atoms with Crippen molar-refractivity contribution >= 4 is 44.6 Å². The Morgan fingerprint density at radius 1 is 1.30 bits per heavy atom. The van der Waals surface area contributed by atoms with Crippen LogP contribution in [0.2, 0.25) is 5.02 Å². The lowest BCUT2D eigenvalue weighted by Gasteiger charge is -2.05. The maximum absolute atomic E-state index is 12.4. The maximum atomic E-state index is 12.4. The van der Waals surface area contributed by atoms with Gasteiger partial charge in [0.1, 0.15) is 0 Å². The molecule has 1 amide bonds. The molecule has 23 heavy (non-hydrogen) atoms. The first kappa shape index (κ1) is 14.1. The van der Waals surface area contributed by atoms with E-state index in [2.05, 4.69) is 20.5 Å². The van der Waals surface area contributed by atoms with Crippen molar-refractivity contribution in [1.29, 1.82) is 0 Å². The molecule has 114 valence electrons. The predicted octanol–water partition coefficient (Wildman–Crippen LogP) is 2.92. The van der Waals surface area contributed by atoms with Gasteiger partial charge in [0.2, 0.25) is 0 Å². The van der Waals surface area contributed by atoms with Gasteiger partial charge in [-0.15, -0.1) is 21.5 Å². The number of hydrogen-bond donors (Lipinski definition) is 1. The first-order chi connectivity index (χ1) is 11.2. The van der Waals surface area contributed by atoms with E-state index in [1.165, 1.54) is 11.3 Å². The number of rotatable bonds is 3. The average Bonchev–Trinajstić information content (AvgIpc) is 3.19. The molecular formula is C15H10ClN5OS. The van der Waals surface area contributed by atoms with Crippen molar-refractivity contribution in [2.75, 3.05) is 0 Å². The SMILES string of the molecule is O=C(NCc1nnc2c(Cl)cccn12)c1cncc2ccsc12. The Hall–Kier alpha value is -2.51. The summed E-state index contributed by atoms with van der Waals surface area (Å²) < 4.78 is 2.68. The third kappa shape index (κ3) is 2.43. The average molecular weight is 344 g/mol. The number of nitrogens with one attached hydrogen (secondary N) is 1. The highest BCUT2D eigenvalue weighted by Gasteiger charge is 2.13. The molecule has 4 aromatic rings. The monoisotopic (exact) mass is 343 g/mol. The van der Waals surface area contributed by atoms with E-state index in [9.17, 15) is 4.79 Å². The van der Waals surface area contributed by atoms with Gasteiger partial charge in [-0.1, -0.05) is 11.6 Å². The molecular weight excluding hydrogens is 334 g/mol. The molecule has 0 fully saturated rings. The van der Waals surface area contributed by atoms with E-state index < -0.39 is 0 Å². The van der Waals surface area contributed by atoms with Crippen molar-refractivity contribution in [2.24, 2.45) is 0 Å². The zero-order chi connectivity index (χ0) is 15.8. The number of amides is 1. The molecule has 0 saturated carbocycles. The molecule has 0 unspecified atom stereocenters. The Labute approximate surface area is 139 Å². The lowest BCUT2D eigenvalue weighted by atomic mass is 10.2. The van der Waals surface area contributed by atoms with Crippen LogP contribution in [0, 0.1) is 0 Å². The summed E-state index contributed by atoms with van der Waals surface area (Å²) in [6.07, 6.45) is 5.13. The van der Waals surface area contributed by atoms with Crippen LogP contribution in [0.1, 0.15) is 16.2 Å². The number of thiophene rings is 1. The van der Waals surface area contributed by atoms with Gasteiger partial charge in [-0.3, -0.25) is 14.2 Å². The minimum absolute atomic E-state index is 0.190. The number of nitrogens with zero attached hydrogens (tertiary/aromatic N) is 4. The van der Waals surface area contributed by atoms with Gasteiger partial charge in [0.05, 0.1) is 21.8 Å². The van der Waals surface area contributed by atoms with Gasteiger partial charge in [0.15, 0.2) is 11.5 Å². The lowest BCUT2D eigenvalue weighted by molar-refractivity contribution is 0.0951. The Kier molecular flexibility index (Phi) is 3.44. The van der Waals surface area contributed by atoms with E-state index in [1.54, 1.807) is 28.9 Å². The van der Waals surface area contributed by atoms with Crippen molar-refractivity contribution < 1.29 is 4.79 Å². The van der Waals surface area contributed by atoms with E-state index in [0.29, 0.717) is 22.1 Å². The van der Waals surface area contributed by atoms with Gasteiger partial charge in [0.25, 0.3) is 5.91 Å². The van der Waals surface area contributed by atoms with Gasteiger partial charge in [-0.05, 0) is 23.6 Å². The van der Waals surface area contributed by atoms with Crippen LogP contribution in [0.5, 0.6) is 0 Å². The number of fused-ring (bicyclic) bond motifs is 2. The molecule has 6 nitrogen and oxygen atoms in total. The highest BCUT2D eigenvalue weighted by Crippen LogP contribution is 2.23. The zero-order valence-electron chi connectivity index (χ0n) is 11.7. The smallest absolute Gasteiger partial charge is 0.254 e. The van der Waals surface area contributed by atoms with Crippen molar-refractivity contribution in [3.05, 3.63) is 58.6 Å². The summed E-state index contributed by atoms with van der Waals surface area (Å²) in [5.74, 6) is 0.423. The molecule has 4 aromatic heterocycles. The van der Waals surface area contributed by atoms with Crippen LogP contribution in [-0.2, 0) is 6.54 Å². The summed E-state index contributed by atoms with van der Waals surface area (Å²) in [5.41, 5.74) is 1.13. The second-order valence-corrected chi connectivity index (χ2v) is 6.20. The molecule has 0 bridgehead atoms. The molecule has 0 aromatic carbocycles. The van der Waals surface area contributed by atoms with E-state index in [4.69, 9.17) is 11.6 Å². The number of pyridine rings is 2. The molecule has 0 spiro atoms. The van der Waals surface area contributed by atoms with Crippen LogP contribution in [-0.4, -0.2) is 25.5 Å². The quantitative estimate of drug-likeness (QED) is 0.620. The minimum Gasteiger partial charge on any atom is -0.345 e. The standard InChI is InChI=1S/C15H10ClN5OS/c16-11-2-1-4-21-12(19-20-14(11)21)8-18-15(22)10-7-17-6-9-3-5-23-13(9)10/h1-7H,8H2,(H,18,22). The lowest BCUT2D eigenvalue weighted by Crippen LogP contribution is -2.24. The first-order valence-electron chi connectivity index (χ1n) is 6.81. The van der Waals surface area contributed by atoms with Crippen LogP contribution in [0.4, 0.5) is 0 Å².